The van der Waals surface area contributed by atoms with Crippen LogP contribution in [0.2, 0.25) is 0 Å². The van der Waals surface area contributed by atoms with Crippen LogP contribution in [0.1, 0.15) is 43.7 Å². The Balaban J connectivity index is 1.50. The SMILES string of the molecule is COc1ccc(C2CCCCCN2C(=O)CCn2cnc3sccc3c2=O)cc1. The van der Waals surface area contributed by atoms with Crippen molar-refractivity contribution in [2.45, 2.75) is 44.7 Å². The van der Waals surface area contributed by atoms with Crippen molar-refractivity contribution in [3.05, 3.63) is 58.0 Å². The first-order valence-corrected chi connectivity index (χ1v) is 10.9. The lowest BCUT2D eigenvalue weighted by Crippen LogP contribution is -2.36. The summed E-state index contributed by atoms with van der Waals surface area (Å²) in [4.78, 5) is 32.8. The molecule has 29 heavy (non-hydrogen) atoms. The second-order valence-electron chi connectivity index (χ2n) is 7.36. The number of ether oxygens (including phenoxy) is 1. The molecule has 0 saturated carbocycles. The van der Waals surface area contributed by atoms with Gasteiger partial charge in [-0.05, 0) is 42.0 Å². The first-order chi connectivity index (χ1) is 14.2. The molecule has 6 nitrogen and oxygen atoms in total. The fourth-order valence-electron chi connectivity index (χ4n) is 3.99. The number of hydrogen-bond donors (Lipinski definition) is 0. The number of methoxy groups -OCH3 is 1. The van der Waals surface area contributed by atoms with E-state index in [9.17, 15) is 9.59 Å². The third kappa shape index (κ3) is 4.19. The van der Waals surface area contributed by atoms with Gasteiger partial charge in [-0.25, -0.2) is 4.98 Å². The fraction of sp³-hybridized carbons (Fsp3) is 0.409. The average Bonchev–Trinajstić information content (AvgIpc) is 3.10. The normalized spacial score (nSPS) is 17.3. The topological polar surface area (TPSA) is 64.4 Å². The molecule has 3 heterocycles. The Hall–Kier alpha value is -2.67. The molecule has 1 aliphatic heterocycles. The fourth-order valence-corrected chi connectivity index (χ4v) is 4.72. The standard InChI is InChI=1S/C22H25N3O3S/c1-28-17-8-6-16(7-9-17)19-5-3-2-4-12-25(19)20(26)10-13-24-15-23-21-18(22(24)27)11-14-29-21/h6-9,11,14-15,19H,2-5,10,12-13H2,1H3. The molecule has 7 heteroatoms. The first kappa shape index (κ1) is 19.6. The lowest BCUT2D eigenvalue weighted by Gasteiger charge is -2.31. The van der Waals surface area contributed by atoms with E-state index in [-0.39, 0.29) is 17.5 Å². The highest BCUT2D eigenvalue weighted by atomic mass is 32.1. The van der Waals surface area contributed by atoms with Gasteiger partial charge in [0.2, 0.25) is 5.91 Å². The van der Waals surface area contributed by atoms with Crippen LogP contribution in [0.3, 0.4) is 0 Å². The Bertz CT molecular complexity index is 1040. The smallest absolute Gasteiger partial charge is 0.262 e. The maximum absolute atomic E-state index is 13.1. The predicted molar refractivity (Wildman–Crippen MR) is 114 cm³/mol. The number of aromatic nitrogens is 2. The first-order valence-electron chi connectivity index (χ1n) is 10.0. The summed E-state index contributed by atoms with van der Waals surface area (Å²) in [5, 5.41) is 2.49. The second-order valence-corrected chi connectivity index (χ2v) is 8.25. The molecule has 4 rings (SSSR count). The number of amides is 1. The maximum atomic E-state index is 13.1. The van der Waals surface area contributed by atoms with E-state index in [1.54, 1.807) is 24.1 Å². The zero-order chi connectivity index (χ0) is 20.2. The summed E-state index contributed by atoms with van der Waals surface area (Å²) in [6.07, 6.45) is 6.07. The van der Waals surface area contributed by atoms with Crippen LogP contribution in [-0.4, -0.2) is 34.0 Å². The van der Waals surface area contributed by atoms with Gasteiger partial charge in [0.1, 0.15) is 10.6 Å². The number of aryl methyl sites for hydroxylation is 1. The van der Waals surface area contributed by atoms with Crippen molar-refractivity contribution in [1.82, 2.24) is 14.5 Å². The molecule has 1 aliphatic rings. The molecule has 0 radical (unpaired) electrons. The molecular weight excluding hydrogens is 386 g/mol. The number of likely N-dealkylation sites (tertiary alicyclic amines) is 1. The number of nitrogens with zero attached hydrogens (tertiary/aromatic N) is 3. The number of fused-ring (bicyclic) bond motifs is 1. The van der Waals surface area contributed by atoms with E-state index < -0.39 is 0 Å². The Morgan fingerprint density at radius 1 is 1.21 bits per heavy atom. The van der Waals surface area contributed by atoms with Crippen molar-refractivity contribution < 1.29 is 9.53 Å². The van der Waals surface area contributed by atoms with Crippen LogP contribution in [0.15, 0.2) is 46.8 Å². The van der Waals surface area contributed by atoms with Crippen LogP contribution in [0.5, 0.6) is 5.75 Å². The van der Waals surface area contributed by atoms with Crippen LogP contribution in [-0.2, 0) is 11.3 Å². The molecule has 2 aromatic heterocycles. The van der Waals surface area contributed by atoms with E-state index >= 15 is 0 Å². The summed E-state index contributed by atoms with van der Waals surface area (Å²) in [6.45, 7) is 1.11. The van der Waals surface area contributed by atoms with Gasteiger partial charge in [0, 0.05) is 19.5 Å². The minimum atomic E-state index is -0.0772. The summed E-state index contributed by atoms with van der Waals surface area (Å²) >= 11 is 1.45. The average molecular weight is 412 g/mol. The minimum absolute atomic E-state index is 0.0742. The molecule has 1 amide bonds. The predicted octanol–water partition coefficient (Wildman–Crippen LogP) is 4.00. The number of thiophene rings is 1. The molecule has 1 aromatic carbocycles. The Labute approximate surface area is 173 Å². The third-order valence-corrected chi connectivity index (χ3v) is 6.41. The molecule has 1 fully saturated rings. The van der Waals surface area contributed by atoms with Crippen molar-refractivity contribution in [2.75, 3.05) is 13.7 Å². The number of rotatable bonds is 5. The van der Waals surface area contributed by atoms with E-state index in [0.717, 1.165) is 48.4 Å². The van der Waals surface area contributed by atoms with E-state index in [1.807, 2.05) is 34.5 Å². The van der Waals surface area contributed by atoms with Gasteiger partial charge < -0.3 is 9.64 Å². The number of carbonyl (C=O) groups excluding carboxylic acids is 1. The number of hydrogen-bond acceptors (Lipinski definition) is 5. The summed E-state index contributed by atoms with van der Waals surface area (Å²) in [7, 11) is 1.65. The highest BCUT2D eigenvalue weighted by Gasteiger charge is 2.26. The van der Waals surface area contributed by atoms with Gasteiger partial charge in [-0.15, -0.1) is 11.3 Å². The van der Waals surface area contributed by atoms with Gasteiger partial charge in [0.15, 0.2) is 0 Å². The van der Waals surface area contributed by atoms with E-state index in [4.69, 9.17) is 4.74 Å². The molecule has 0 N–H and O–H groups in total. The zero-order valence-electron chi connectivity index (χ0n) is 16.5. The van der Waals surface area contributed by atoms with E-state index in [0.29, 0.717) is 18.4 Å². The van der Waals surface area contributed by atoms with Crippen LogP contribution < -0.4 is 10.3 Å². The zero-order valence-corrected chi connectivity index (χ0v) is 17.4. The van der Waals surface area contributed by atoms with Crippen molar-refractivity contribution in [3.8, 4) is 5.75 Å². The Kier molecular flexibility index (Phi) is 5.94. The van der Waals surface area contributed by atoms with Gasteiger partial charge in [-0.1, -0.05) is 25.0 Å². The van der Waals surface area contributed by atoms with Gasteiger partial charge >= 0.3 is 0 Å². The van der Waals surface area contributed by atoms with Crippen LogP contribution in [0.25, 0.3) is 10.2 Å². The number of carbonyl (C=O) groups is 1. The van der Waals surface area contributed by atoms with E-state index in [2.05, 4.69) is 4.98 Å². The minimum Gasteiger partial charge on any atom is -0.497 e. The van der Waals surface area contributed by atoms with Crippen LogP contribution in [0.4, 0.5) is 0 Å². The summed E-state index contributed by atoms with van der Waals surface area (Å²) in [6, 6.07) is 9.86. The third-order valence-electron chi connectivity index (χ3n) is 5.59. The molecule has 0 bridgehead atoms. The van der Waals surface area contributed by atoms with Gasteiger partial charge in [-0.2, -0.15) is 0 Å². The van der Waals surface area contributed by atoms with E-state index in [1.165, 1.54) is 11.3 Å². The molecule has 3 aromatic rings. The largest absolute Gasteiger partial charge is 0.497 e. The lowest BCUT2D eigenvalue weighted by atomic mass is 10.0. The molecule has 1 saturated heterocycles. The maximum Gasteiger partial charge on any atom is 0.262 e. The Morgan fingerprint density at radius 3 is 2.83 bits per heavy atom. The molecule has 1 atom stereocenters. The summed E-state index contributed by atoms with van der Waals surface area (Å²) in [5.41, 5.74) is 1.06. The molecule has 152 valence electrons. The highest BCUT2D eigenvalue weighted by Crippen LogP contribution is 2.31. The molecule has 0 aliphatic carbocycles. The summed E-state index contributed by atoms with van der Waals surface area (Å²) in [5.74, 6) is 0.904. The molecular formula is C22H25N3O3S. The quantitative estimate of drug-likeness (QED) is 0.637. The van der Waals surface area contributed by atoms with Gasteiger partial charge in [0.25, 0.3) is 5.56 Å². The highest BCUT2D eigenvalue weighted by molar-refractivity contribution is 7.16. The second kappa shape index (κ2) is 8.78. The molecule has 1 unspecified atom stereocenters. The van der Waals surface area contributed by atoms with Crippen LogP contribution >= 0.6 is 11.3 Å². The van der Waals surface area contributed by atoms with Gasteiger partial charge in [0.05, 0.1) is 24.9 Å². The lowest BCUT2D eigenvalue weighted by molar-refractivity contribution is -0.133. The van der Waals surface area contributed by atoms with Gasteiger partial charge in [-0.3, -0.25) is 14.2 Å². The van der Waals surface area contributed by atoms with Crippen molar-refractivity contribution in [3.63, 3.8) is 0 Å². The van der Waals surface area contributed by atoms with Crippen LogP contribution in [0, 0.1) is 0 Å². The van der Waals surface area contributed by atoms with Crippen molar-refractivity contribution in [2.24, 2.45) is 0 Å². The molecule has 0 spiro atoms. The monoisotopic (exact) mass is 411 g/mol. The van der Waals surface area contributed by atoms with Crippen molar-refractivity contribution in [1.29, 1.82) is 0 Å². The van der Waals surface area contributed by atoms with Crippen molar-refractivity contribution >= 4 is 27.5 Å². The number of benzene rings is 1. The summed E-state index contributed by atoms with van der Waals surface area (Å²) < 4.78 is 6.81. The Morgan fingerprint density at radius 2 is 2.03 bits per heavy atom.